The first-order valence-electron chi connectivity index (χ1n) is 7.47. The molecule has 0 amide bonds. The molecule has 20 heavy (non-hydrogen) atoms. The van der Waals surface area contributed by atoms with E-state index in [9.17, 15) is 0 Å². The molecule has 1 aliphatic rings. The molecule has 112 valence electrons. The van der Waals surface area contributed by atoms with Gasteiger partial charge in [0.15, 0.2) is 0 Å². The van der Waals surface area contributed by atoms with E-state index in [1.165, 1.54) is 29.3 Å². The predicted molar refractivity (Wildman–Crippen MR) is 88.1 cm³/mol. The van der Waals surface area contributed by atoms with Crippen LogP contribution in [0.2, 0.25) is 0 Å². The summed E-state index contributed by atoms with van der Waals surface area (Å²) >= 11 is 3.67. The molecule has 2 N–H and O–H groups in total. The molecule has 2 nitrogen and oxygen atoms in total. The highest BCUT2D eigenvalue weighted by Gasteiger charge is 2.34. The van der Waals surface area contributed by atoms with Crippen molar-refractivity contribution >= 4 is 15.9 Å². The summed E-state index contributed by atoms with van der Waals surface area (Å²) in [5, 5.41) is 0. The van der Waals surface area contributed by atoms with Gasteiger partial charge in [0, 0.05) is 4.47 Å². The highest BCUT2D eigenvalue weighted by Crippen LogP contribution is 2.43. The number of ether oxygens (including phenoxy) is 1. The van der Waals surface area contributed by atoms with Crippen molar-refractivity contribution in [3.8, 4) is 5.75 Å². The highest BCUT2D eigenvalue weighted by molar-refractivity contribution is 9.10. The van der Waals surface area contributed by atoms with Crippen LogP contribution in [-0.2, 0) is 6.42 Å². The third-order valence-corrected chi connectivity index (χ3v) is 5.48. The summed E-state index contributed by atoms with van der Waals surface area (Å²) in [5.74, 6) is 2.26. The van der Waals surface area contributed by atoms with Crippen LogP contribution < -0.4 is 10.5 Å². The molecule has 2 unspecified atom stereocenters. The predicted octanol–water partition coefficient (Wildman–Crippen LogP) is 4.40. The molecular weight excluding hydrogens is 314 g/mol. The lowest BCUT2D eigenvalue weighted by atomic mass is 9.65. The van der Waals surface area contributed by atoms with E-state index in [-0.39, 0.29) is 0 Å². The van der Waals surface area contributed by atoms with Gasteiger partial charge in [-0.25, -0.2) is 0 Å². The van der Waals surface area contributed by atoms with Crippen molar-refractivity contribution in [2.45, 2.75) is 39.5 Å². The van der Waals surface area contributed by atoms with Crippen LogP contribution in [0.5, 0.6) is 5.75 Å². The van der Waals surface area contributed by atoms with Crippen LogP contribution in [0.15, 0.2) is 22.7 Å². The second kappa shape index (κ2) is 6.48. The zero-order chi connectivity index (χ0) is 14.8. The van der Waals surface area contributed by atoms with E-state index in [0.29, 0.717) is 17.3 Å². The molecule has 0 radical (unpaired) electrons. The fourth-order valence-corrected chi connectivity index (χ4v) is 3.86. The fourth-order valence-electron chi connectivity index (χ4n) is 3.46. The van der Waals surface area contributed by atoms with Crippen LogP contribution in [-0.4, -0.2) is 13.7 Å². The van der Waals surface area contributed by atoms with Crippen LogP contribution in [0, 0.1) is 17.3 Å². The van der Waals surface area contributed by atoms with E-state index in [2.05, 4.69) is 41.9 Å². The van der Waals surface area contributed by atoms with Crippen molar-refractivity contribution in [3.63, 3.8) is 0 Å². The Hall–Kier alpha value is -0.540. The second-order valence-electron chi connectivity index (χ2n) is 6.82. The number of nitrogens with two attached hydrogens (primary N) is 1. The van der Waals surface area contributed by atoms with E-state index < -0.39 is 0 Å². The van der Waals surface area contributed by atoms with Gasteiger partial charge in [-0.3, -0.25) is 0 Å². The normalized spacial score (nSPS) is 25.4. The van der Waals surface area contributed by atoms with Gasteiger partial charge in [0.05, 0.1) is 7.11 Å². The molecule has 2 atom stereocenters. The summed E-state index contributed by atoms with van der Waals surface area (Å²) in [4.78, 5) is 0. The molecule has 1 aromatic rings. The summed E-state index contributed by atoms with van der Waals surface area (Å²) in [6.45, 7) is 5.57. The van der Waals surface area contributed by atoms with Crippen molar-refractivity contribution in [2.24, 2.45) is 23.0 Å². The van der Waals surface area contributed by atoms with E-state index in [4.69, 9.17) is 10.5 Å². The van der Waals surface area contributed by atoms with Gasteiger partial charge in [-0.05, 0) is 73.2 Å². The molecule has 0 spiro atoms. The number of hydrogen-bond donors (Lipinski definition) is 1. The third kappa shape index (κ3) is 3.76. The van der Waals surface area contributed by atoms with Crippen LogP contribution in [0.4, 0.5) is 0 Å². The maximum atomic E-state index is 5.99. The van der Waals surface area contributed by atoms with E-state index in [0.717, 1.165) is 18.7 Å². The summed E-state index contributed by atoms with van der Waals surface area (Å²) in [5.41, 5.74) is 7.78. The van der Waals surface area contributed by atoms with Gasteiger partial charge in [0.25, 0.3) is 0 Å². The van der Waals surface area contributed by atoms with Crippen molar-refractivity contribution in [3.05, 3.63) is 28.2 Å². The molecule has 1 saturated carbocycles. The van der Waals surface area contributed by atoms with Gasteiger partial charge in [-0.15, -0.1) is 0 Å². The minimum absolute atomic E-state index is 0.446. The van der Waals surface area contributed by atoms with Crippen molar-refractivity contribution in [1.29, 1.82) is 0 Å². The number of rotatable bonds is 4. The maximum Gasteiger partial charge on any atom is 0.119 e. The van der Waals surface area contributed by atoms with Gasteiger partial charge in [-0.2, -0.15) is 0 Å². The Labute approximate surface area is 131 Å². The molecule has 0 bridgehead atoms. The maximum absolute atomic E-state index is 5.99. The Morgan fingerprint density at radius 2 is 2.10 bits per heavy atom. The van der Waals surface area contributed by atoms with E-state index in [1.807, 2.05) is 6.07 Å². The lowest BCUT2D eigenvalue weighted by Gasteiger charge is -2.40. The topological polar surface area (TPSA) is 35.2 Å². The lowest BCUT2D eigenvalue weighted by Crippen LogP contribution is -2.35. The summed E-state index contributed by atoms with van der Waals surface area (Å²) in [6, 6.07) is 6.23. The average Bonchev–Trinajstić information content (AvgIpc) is 2.41. The first-order valence-corrected chi connectivity index (χ1v) is 8.27. The standard InChI is InChI=1S/C17H26BrNO/c1-17(2)7-6-12(11-19)14(10-17)8-13-9-15(20-3)4-5-16(13)18/h4-5,9,12,14H,6-8,10-11,19H2,1-3H3. The average molecular weight is 340 g/mol. The van der Waals surface area contributed by atoms with Crippen LogP contribution >= 0.6 is 15.9 Å². The monoisotopic (exact) mass is 339 g/mol. The molecule has 3 heteroatoms. The lowest BCUT2D eigenvalue weighted by molar-refractivity contribution is 0.121. The number of hydrogen-bond acceptors (Lipinski definition) is 2. The van der Waals surface area contributed by atoms with Gasteiger partial charge in [-0.1, -0.05) is 29.8 Å². The van der Waals surface area contributed by atoms with Crippen molar-refractivity contribution in [1.82, 2.24) is 0 Å². The molecule has 0 heterocycles. The first-order chi connectivity index (χ1) is 9.45. The molecular formula is C17H26BrNO. The zero-order valence-corrected chi connectivity index (χ0v) is 14.4. The third-order valence-electron chi connectivity index (χ3n) is 4.71. The first kappa shape index (κ1) is 15.8. The highest BCUT2D eigenvalue weighted by atomic mass is 79.9. The fraction of sp³-hybridized carbons (Fsp3) is 0.647. The van der Waals surface area contributed by atoms with Crippen LogP contribution in [0.1, 0.15) is 38.7 Å². The Morgan fingerprint density at radius 1 is 1.35 bits per heavy atom. The van der Waals surface area contributed by atoms with Gasteiger partial charge in [0.1, 0.15) is 5.75 Å². The molecule has 0 aromatic heterocycles. The van der Waals surface area contributed by atoms with Gasteiger partial charge < -0.3 is 10.5 Å². The van der Waals surface area contributed by atoms with E-state index >= 15 is 0 Å². The SMILES string of the molecule is COc1ccc(Br)c(CC2CC(C)(C)CCC2CN)c1. The number of methoxy groups -OCH3 is 1. The molecule has 1 aromatic carbocycles. The molecule has 2 rings (SSSR count). The number of benzene rings is 1. The molecule has 1 aliphatic carbocycles. The Balaban J connectivity index is 2.17. The van der Waals surface area contributed by atoms with E-state index in [1.54, 1.807) is 7.11 Å². The minimum Gasteiger partial charge on any atom is -0.497 e. The van der Waals surface area contributed by atoms with Gasteiger partial charge >= 0.3 is 0 Å². The molecule has 1 fully saturated rings. The summed E-state index contributed by atoms with van der Waals surface area (Å²) in [7, 11) is 1.72. The summed E-state index contributed by atoms with van der Waals surface area (Å²) < 4.78 is 6.53. The Kier molecular flexibility index (Phi) is 5.14. The second-order valence-corrected chi connectivity index (χ2v) is 7.68. The largest absolute Gasteiger partial charge is 0.497 e. The summed E-state index contributed by atoms with van der Waals surface area (Å²) in [6.07, 6.45) is 4.90. The molecule has 0 saturated heterocycles. The van der Waals surface area contributed by atoms with Crippen LogP contribution in [0.3, 0.4) is 0 Å². The Morgan fingerprint density at radius 3 is 2.75 bits per heavy atom. The molecule has 0 aliphatic heterocycles. The van der Waals surface area contributed by atoms with Crippen molar-refractivity contribution < 1.29 is 4.74 Å². The quantitative estimate of drug-likeness (QED) is 0.882. The Bertz CT molecular complexity index is 458. The minimum atomic E-state index is 0.446. The smallest absolute Gasteiger partial charge is 0.119 e. The zero-order valence-electron chi connectivity index (χ0n) is 12.8. The van der Waals surface area contributed by atoms with Crippen LogP contribution in [0.25, 0.3) is 0 Å². The number of halogens is 1. The van der Waals surface area contributed by atoms with Crippen molar-refractivity contribution in [2.75, 3.05) is 13.7 Å². The van der Waals surface area contributed by atoms with Gasteiger partial charge in [0.2, 0.25) is 0 Å².